The molecule has 55 heavy (non-hydrogen) atoms. The zero-order valence-electron chi connectivity index (χ0n) is 33.9. The molecule has 0 aromatic rings. The summed E-state index contributed by atoms with van der Waals surface area (Å²) in [5.41, 5.74) is 0. The largest absolute Gasteiger partial charge is 0.462 e. The van der Waals surface area contributed by atoms with Gasteiger partial charge in [-0.2, -0.15) is 0 Å². The first kappa shape index (κ1) is 50.2. The van der Waals surface area contributed by atoms with Gasteiger partial charge < -0.3 is 39.4 Å². The molecular weight excluding hydrogens is 700 g/mol. The lowest BCUT2D eigenvalue weighted by Gasteiger charge is -2.39. The topological polar surface area (TPSA) is 152 Å². The van der Waals surface area contributed by atoms with Gasteiger partial charge in [-0.3, -0.25) is 9.59 Å². The number of carbonyl (C=O) groups excluding carboxylic acids is 2. The third kappa shape index (κ3) is 27.4. The highest BCUT2D eigenvalue weighted by molar-refractivity contribution is 5.70. The van der Waals surface area contributed by atoms with Gasteiger partial charge in [0.1, 0.15) is 31.0 Å². The lowest BCUT2D eigenvalue weighted by molar-refractivity contribution is -0.305. The van der Waals surface area contributed by atoms with E-state index >= 15 is 0 Å². The first-order valence-electron chi connectivity index (χ1n) is 21.0. The van der Waals surface area contributed by atoms with Gasteiger partial charge in [-0.25, -0.2) is 0 Å². The highest BCUT2D eigenvalue weighted by Gasteiger charge is 2.44. The van der Waals surface area contributed by atoms with Crippen LogP contribution in [0.2, 0.25) is 0 Å². The van der Waals surface area contributed by atoms with Crippen LogP contribution < -0.4 is 0 Å². The Morgan fingerprint density at radius 3 is 1.53 bits per heavy atom. The van der Waals surface area contributed by atoms with Gasteiger partial charge in [0.05, 0.1) is 13.2 Å². The summed E-state index contributed by atoms with van der Waals surface area (Å²) in [4.78, 5) is 25.3. The number of carbonyl (C=O) groups is 2. The number of unbranched alkanes of at least 4 members (excludes halogenated alkanes) is 10. The Bertz CT molecular complexity index is 1120. The number of rotatable bonds is 33. The van der Waals surface area contributed by atoms with Gasteiger partial charge in [-0.15, -0.1) is 0 Å². The minimum atomic E-state index is -1.60. The van der Waals surface area contributed by atoms with Crippen molar-refractivity contribution in [3.8, 4) is 0 Å². The minimum Gasteiger partial charge on any atom is -0.462 e. The number of esters is 2. The monoisotopic (exact) mass is 775 g/mol. The Kier molecular flexibility index (Phi) is 32.4. The van der Waals surface area contributed by atoms with Gasteiger partial charge in [0.25, 0.3) is 0 Å². The molecule has 0 spiro atoms. The van der Waals surface area contributed by atoms with Crippen LogP contribution in [-0.4, -0.2) is 89.0 Å². The fourth-order valence-corrected chi connectivity index (χ4v) is 5.80. The van der Waals surface area contributed by atoms with Crippen molar-refractivity contribution in [2.24, 2.45) is 0 Å². The minimum absolute atomic E-state index is 0.202. The van der Waals surface area contributed by atoms with E-state index in [2.05, 4.69) is 86.8 Å². The highest BCUT2D eigenvalue weighted by atomic mass is 16.7. The van der Waals surface area contributed by atoms with E-state index < -0.39 is 55.4 Å². The van der Waals surface area contributed by atoms with Crippen LogP contribution in [0, 0.1) is 0 Å². The molecule has 0 aromatic heterocycles. The van der Waals surface area contributed by atoms with Crippen molar-refractivity contribution >= 4 is 11.9 Å². The Hall–Kier alpha value is -2.86. The summed E-state index contributed by atoms with van der Waals surface area (Å²) in [5.74, 6) is -0.855. The summed E-state index contributed by atoms with van der Waals surface area (Å²) in [6.07, 6.45) is 36.2. The molecule has 0 aromatic carbocycles. The molecule has 6 atom stereocenters. The smallest absolute Gasteiger partial charge is 0.306 e. The Morgan fingerprint density at radius 1 is 0.564 bits per heavy atom. The Labute approximate surface area is 332 Å². The van der Waals surface area contributed by atoms with Gasteiger partial charge in [-0.05, 0) is 77.0 Å². The second-order valence-electron chi connectivity index (χ2n) is 14.0. The zero-order chi connectivity index (χ0) is 40.2. The van der Waals surface area contributed by atoms with Crippen molar-refractivity contribution in [3.05, 3.63) is 72.9 Å². The molecule has 1 rings (SSSR count). The van der Waals surface area contributed by atoms with E-state index in [0.29, 0.717) is 12.8 Å². The fraction of sp³-hybridized carbons (Fsp3) is 0.689. The van der Waals surface area contributed by atoms with Crippen LogP contribution in [0.1, 0.15) is 142 Å². The van der Waals surface area contributed by atoms with Gasteiger partial charge >= 0.3 is 11.9 Å². The van der Waals surface area contributed by atoms with E-state index in [4.69, 9.17) is 18.9 Å². The molecule has 0 amide bonds. The molecule has 10 heteroatoms. The number of allylic oxidation sites excluding steroid dienone is 12. The summed E-state index contributed by atoms with van der Waals surface area (Å²) in [6.45, 7) is 3.14. The van der Waals surface area contributed by atoms with Crippen LogP contribution >= 0.6 is 0 Å². The van der Waals surface area contributed by atoms with Crippen LogP contribution in [-0.2, 0) is 28.5 Å². The predicted molar refractivity (Wildman–Crippen MR) is 219 cm³/mol. The summed E-state index contributed by atoms with van der Waals surface area (Å²) in [6, 6.07) is 0. The maximum atomic E-state index is 12.7. The van der Waals surface area contributed by atoms with Crippen molar-refractivity contribution in [1.29, 1.82) is 0 Å². The third-order valence-electron chi connectivity index (χ3n) is 9.09. The Balaban J connectivity index is 2.39. The van der Waals surface area contributed by atoms with Crippen molar-refractivity contribution in [2.75, 3.05) is 19.8 Å². The number of ether oxygens (including phenoxy) is 4. The van der Waals surface area contributed by atoms with Crippen molar-refractivity contribution in [3.63, 3.8) is 0 Å². The van der Waals surface area contributed by atoms with E-state index in [1.807, 2.05) is 0 Å². The van der Waals surface area contributed by atoms with Crippen molar-refractivity contribution in [2.45, 2.75) is 179 Å². The zero-order valence-corrected chi connectivity index (χ0v) is 33.9. The lowest BCUT2D eigenvalue weighted by Crippen LogP contribution is -2.59. The van der Waals surface area contributed by atoms with Crippen LogP contribution in [0.25, 0.3) is 0 Å². The maximum absolute atomic E-state index is 12.7. The average molecular weight is 775 g/mol. The van der Waals surface area contributed by atoms with Gasteiger partial charge in [0, 0.05) is 12.8 Å². The molecule has 0 unspecified atom stereocenters. The van der Waals surface area contributed by atoms with E-state index in [1.54, 1.807) is 0 Å². The van der Waals surface area contributed by atoms with Crippen LogP contribution in [0.5, 0.6) is 0 Å². The lowest BCUT2D eigenvalue weighted by atomic mass is 9.99. The SMILES string of the molecule is CC/C=C\C/C=C\C/C=C\CCCCCCCC(=O)OC[C@@H](CO[C@@H]1O[C@H](CO)[C@H](O)[C@H](O)[C@H]1O)OC(=O)CCCCCCC/C=C\C/C=C\C/C=C\CC. The van der Waals surface area contributed by atoms with E-state index in [0.717, 1.165) is 103 Å². The molecule has 4 N–H and O–H groups in total. The van der Waals surface area contributed by atoms with Crippen molar-refractivity contribution < 1.29 is 49.0 Å². The summed E-state index contributed by atoms with van der Waals surface area (Å²) in [5, 5.41) is 40.0. The summed E-state index contributed by atoms with van der Waals surface area (Å²) < 4.78 is 22.1. The van der Waals surface area contributed by atoms with E-state index in [-0.39, 0.29) is 26.1 Å². The van der Waals surface area contributed by atoms with Gasteiger partial charge in [0.15, 0.2) is 12.4 Å². The average Bonchev–Trinajstić information content (AvgIpc) is 3.18. The molecule has 1 saturated heterocycles. The number of hydrogen-bond donors (Lipinski definition) is 4. The van der Waals surface area contributed by atoms with Gasteiger partial charge in [-0.1, -0.05) is 125 Å². The first-order valence-corrected chi connectivity index (χ1v) is 21.0. The molecular formula is C45H74O10. The number of aliphatic hydroxyl groups is 4. The third-order valence-corrected chi connectivity index (χ3v) is 9.09. The van der Waals surface area contributed by atoms with Crippen LogP contribution in [0.3, 0.4) is 0 Å². The normalized spacial score (nSPS) is 21.3. The Morgan fingerprint density at radius 2 is 1.02 bits per heavy atom. The molecule has 1 heterocycles. The van der Waals surface area contributed by atoms with Gasteiger partial charge in [0.2, 0.25) is 0 Å². The molecule has 1 aliphatic heterocycles. The molecule has 0 radical (unpaired) electrons. The second-order valence-corrected chi connectivity index (χ2v) is 14.0. The predicted octanol–water partition coefficient (Wildman–Crippen LogP) is 8.44. The summed E-state index contributed by atoms with van der Waals surface area (Å²) in [7, 11) is 0. The fourth-order valence-electron chi connectivity index (χ4n) is 5.80. The molecule has 0 saturated carbocycles. The molecule has 0 aliphatic carbocycles. The van der Waals surface area contributed by atoms with Crippen molar-refractivity contribution in [1.82, 2.24) is 0 Å². The quantitative estimate of drug-likeness (QED) is 0.0291. The molecule has 1 fully saturated rings. The molecule has 0 bridgehead atoms. The van der Waals surface area contributed by atoms with E-state index in [1.165, 1.54) is 0 Å². The van der Waals surface area contributed by atoms with Crippen LogP contribution in [0.15, 0.2) is 72.9 Å². The number of aliphatic hydroxyl groups excluding tert-OH is 4. The number of hydrogen-bond acceptors (Lipinski definition) is 10. The molecule has 1 aliphatic rings. The summed E-state index contributed by atoms with van der Waals surface area (Å²) >= 11 is 0. The molecule has 10 nitrogen and oxygen atoms in total. The van der Waals surface area contributed by atoms with Crippen LogP contribution in [0.4, 0.5) is 0 Å². The highest BCUT2D eigenvalue weighted by Crippen LogP contribution is 2.22. The van der Waals surface area contributed by atoms with E-state index in [9.17, 15) is 30.0 Å². The first-order chi connectivity index (χ1) is 26.8. The molecule has 314 valence electrons. The maximum Gasteiger partial charge on any atom is 0.306 e. The standard InChI is InChI=1S/C45H74O10/c1-3-5-7-9-11-13-15-17-19-21-23-25-27-29-31-33-40(47)52-36-38(37-53-45-44(51)43(50)42(49)39(35-46)55-45)54-41(48)34-32-30-28-26-24-22-20-18-16-14-12-10-8-6-4-2/h5-8,11-14,17-20,38-39,42-46,49-51H,3-4,9-10,15-16,21-37H2,1-2H3/b7-5-,8-6-,13-11-,14-12-,19-17-,20-18-/t38-,39+,42-,43-,44+,45+/m0/s1. The second kappa shape index (κ2) is 35.5.